The molecule has 6 heteroatoms. The van der Waals surface area contributed by atoms with Crippen LogP contribution in [-0.4, -0.2) is 36.2 Å². The molecule has 0 atom stereocenters. The van der Waals surface area contributed by atoms with Gasteiger partial charge >= 0.3 is 11.8 Å². The first-order chi connectivity index (χ1) is 9.08. The van der Waals surface area contributed by atoms with E-state index in [4.69, 9.17) is 5.73 Å². The second kappa shape index (κ2) is 7.27. The number of rotatable bonds is 5. The molecule has 0 radical (unpaired) electrons. The quantitative estimate of drug-likeness (QED) is 0.589. The predicted molar refractivity (Wildman–Crippen MR) is 71.3 cm³/mol. The summed E-state index contributed by atoms with van der Waals surface area (Å²) < 4.78 is 0. The van der Waals surface area contributed by atoms with Gasteiger partial charge in [-0.1, -0.05) is 12.1 Å². The van der Waals surface area contributed by atoms with Crippen LogP contribution >= 0.6 is 0 Å². The number of hydrogen-bond acceptors (Lipinski definition) is 4. The highest BCUT2D eigenvalue weighted by Crippen LogP contribution is 2.09. The largest absolute Gasteiger partial charge is 0.330 e. The molecular formula is C13H17N3O3. The van der Waals surface area contributed by atoms with Crippen molar-refractivity contribution >= 4 is 23.9 Å². The molecule has 19 heavy (non-hydrogen) atoms. The Balaban J connectivity index is 2.66. The highest BCUT2D eigenvalue weighted by Gasteiger charge is 2.20. The van der Waals surface area contributed by atoms with Crippen LogP contribution in [0.2, 0.25) is 0 Å². The highest BCUT2D eigenvalue weighted by atomic mass is 16.2. The lowest BCUT2D eigenvalue weighted by atomic mass is 10.2. The standard InChI is InChI=1S/C13H17N3O3/c1-10-4-2-5-11(8-10)15-12(18)13(19)16(9-17)7-3-6-14/h2,4-5,8-9H,3,6-7,14H2,1H3,(H,15,18). The monoisotopic (exact) mass is 263 g/mol. The van der Waals surface area contributed by atoms with Crippen molar-refractivity contribution < 1.29 is 14.4 Å². The third kappa shape index (κ3) is 4.51. The minimum Gasteiger partial charge on any atom is -0.330 e. The summed E-state index contributed by atoms with van der Waals surface area (Å²) in [5, 5.41) is 2.45. The number of carbonyl (C=O) groups is 3. The number of carbonyl (C=O) groups excluding carboxylic acids is 3. The van der Waals surface area contributed by atoms with Gasteiger partial charge in [-0.25, -0.2) is 0 Å². The van der Waals surface area contributed by atoms with E-state index in [0.717, 1.165) is 10.5 Å². The second-order valence-electron chi connectivity index (χ2n) is 4.07. The van der Waals surface area contributed by atoms with Crippen LogP contribution in [0.3, 0.4) is 0 Å². The van der Waals surface area contributed by atoms with E-state index >= 15 is 0 Å². The Labute approximate surface area is 111 Å². The Morgan fingerprint density at radius 1 is 1.42 bits per heavy atom. The van der Waals surface area contributed by atoms with Gasteiger partial charge in [-0.2, -0.15) is 0 Å². The first-order valence-corrected chi connectivity index (χ1v) is 5.92. The van der Waals surface area contributed by atoms with Crippen LogP contribution in [-0.2, 0) is 14.4 Å². The lowest BCUT2D eigenvalue weighted by Gasteiger charge is -2.14. The number of amides is 3. The third-order valence-electron chi connectivity index (χ3n) is 2.46. The SMILES string of the molecule is Cc1cccc(NC(=O)C(=O)N(C=O)CCCN)c1. The van der Waals surface area contributed by atoms with E-state index in [0.29, 0.717) is 25.1 Å². The highest BCUT2D eigenvalue weighted by molar-refractivity contribution is 6.41. The van der Waals surface area contributed by atoms with E-state index < -0.39 is 11.8 Å². The summed E-state index contributed by atoms with van der Waals surface area (Å²) in [7, 11) is 0. The molecular weight excluding hydrogens is 246 g/mol. The minimum absolute atomic E-state index is 0.139. The van der Waals surface area contributed by atoms with Crippen molar-refractivity contribution in [2.24, 2.45) is 5.73 Å². The fourth-order valence-electron chi connectivity index (χ4n) is 1.50. The van der Waals surface area contributed by atoms with Gasteiger partial charge in [0.2, 0.25) is 6.41 Å². The Morgan fingerprint density at radius 2 is 2.16 bits per heavy atom. The fourth-order valence-corrected chi connectivity index (χ4v) is 1.50. The Hall–Kier alpha value is -2.21. The van der Waals surface area contributed by atoms with Gasteiger partial charge in [-0.05, 0) is 37.6 Å². The molecule has 0 saturated carbocycles. The van der Waals surface area contributed by atoms with Gasteiger partial charge in [-0.3, -0.25) is 19.3 Å². The van der Waals surface area contributed by atoms with Gasteiger partial charge in [-0.15, -0.1) is 0 Å². The van der Waals surface area contributed by atoms with Gasteiger partial charge in [0.15, 0.2) is 0 Å². The zero-order chi connectivity index (χ0) is 14.3. The topological polar surface area (TPSA) is 92.5 Å². The van der Waals surface area contributed by atoms with Crippen LogP contribution < -0.4 is 11.1 Å². The smallest absolute Gasteiger partial charge is 0.318 e. The first kappa shape index (κ1) is 14.8. The van der Waals surface area contributed by atoms with Crippen molar-refractivity contribution in [2.45, 2.75) is 13.3 Å². The summed E-state index contributed by atoms with van der Waals surface area (Å²) in [4.78, 5) is 35.0. The van der Waals surface area contributed by atoms with Crippen LogP contribution in [0.5, 0.6) is 0 Å². The molecule has 0 aromatic heterocycles. The van der Waals surface area contributed by atoms with E-state index in [1.165, 1.54) is 0 Å². The van der Waals surface area contributed by atoms with E-state index in [9.17, 15) is 14.4 Å². The summed E-state index contributed by atoms with van der Waals surface area (Å²) in [5.41, 5.74) is 6.77. The maximum atomic E-state index is 11.7. The summed E-state index contributed by atoms with van der Waals surface area (Å²) >= 11 is 0. The normalized spacial score (nSPS) is 9.79. The number of nitrogens with two attached hydrogens (primary N) is 1. The van der Waals surface area contributed by atoms with Crippen molar-refractivity contribution in [3.8, 4) is 0 Å². The van der Waals surface area contributed by atoms with Crippen LogP contribution in [0.1, 0.15) is 12.0 Å². The van der Waals surface area contributed by atoms with Crippen LogP contribution in [0.4, 0.5) is 5.69 Å². The van der Waals surface area contributed by atoms with Gasteiger partial charge in [0, 0.05) is 12.2 Å². The summed E-state index contributed by atoms with van der Waals surface area (Å²) in [6.07, 6.45) is 0.802. The number of nitrogens with one attached hydrogen (secondary N) is 1. The van der Waals surface area contributed by atoms with Crippen molar-refractivity contribution in [2.75, 3.05) is 18.4 Å². The van der Waals surface area contributed by atoms with Crippen molar-refractivity contribution in [1.82, 2.24) is 4.90 Å². The molecule has 0 aliphatic rings. The Kier molecular flexibility index (Phi) is 5.69. The molecule has 0 saturated heterocycles. The molecule has 3 N–H and O–H groups in total. The molecule has 0 aliphatic carbocycles. The predicted octanol–water partition coefficient (Wildman–Crippen LogP) is 0.267. The van der Waals surface area contributed by atoms with E-state index in [1.807, 2.05) is 13.0 Å². The minimum atomic E-state index is -0.884. The summed E-state index contributed by atoms with van der Waals surface area (Å²) in [6, 6.07) is 7.04. The zero-order valence-corrected chi connectivity index (χ0v) is 10.8. The van der Waals surface area contributed by atoms with Crippen LogP contribution in [0.25, 0.3) is 0 Å². The van der Waals surface area contributed by atoms with Crippen molar-refractivity contribution in [3.05, 3.63) is 29.8 Å². The maximum absolute atomic E-state index is 11.7. The molecule has 6 nitrogen and oxygen atoms in total. The lowest BCUT2D eigenvalue weighted by Crippen LogP contribution is -2.39. The average molecular weight is 263 g/mol. The number of hydrogen-bond donors (Lipinski definition) is 2. The average Bonchev–Trinajstić information content (AvgIpc) is 2.39. The number of benzene rings is 1. The molecule has 0 heterocycles. The lowest BCUT2D eigenvalue weighted by molar-refractivity contribution is -0.146. The second-order valence-corrected chi connectivity index (χ2v) is 4.07. The van der Waals surface area contributed by atoms with Crippen LogP contribution in [0.15, 0.2) is 24.3 Å². The summed E-state index contributed by atoms with van der Waals surface area (Å²) in [6.45, 7) is 2.35. The molecule has 1 aromatic carbocycles. The van der Waals surface area contributed by atoms with Crippen molar-refractivity contribution in [1.29, 1.82) is 0 Å². The fraction of sp³-hybridized carbons (Fsp3) is 0.308. The Morgan fingerprint density at radius 3 is 2.74 bits per heavy atom. The molecule has 0 aliphatic heterocycles. The number of anilines is 1. The number of nitrogens with zero attached hydrogens (tertiary/aromatic N) is 1. The van der Waals surface area contributed by atoms with Crippen LogP contribution in [0, 0.1) is 6.92 Å². The molecule has 1 aromatic rings. The van der Waals surface area contributed by atoms with Crippen molar-refractivity contribution in [3.63, 3.8) is 0 Å². The molecule has 0 unspecified atom stereocenters. The molecule has 0 spiro atoms. The summed E-state index contributed by atoms with van der Waals surface area (Å²) in [5.74, 6) is -1.72. The van der Waals surface area contributed by atoms with Gasteiger partial charge in [0.25, 0.3) is 0 Å². The number of imide groups is 1. The van der Waals surface area contributed by atoms with E-state index in [1.54, 1.807) is 18.2 Å². The molecule has 0 bridgehead atoms. The molecule has 0 fully saturated rings. The van der Waals surface area contributed by atoms with Gasteiger partial charge in [0.05, 0.1) is 0 Å². The molecule has 1 rings (SSSR count). The third-order valence-corrected chi connectivity index (χ3v) is 2.46. The number of aryl methyl sites for hydroxylation is 1. The molecule has 3 amide bonds. The Bertz CT molecular complexity index is 474. The van der Waals surface area contributed by atoms with Gasteiger partial charge < -0.3 is 11.1 Å². The zero-order valence-electron chi connectivity index (χ0n) is 10.8. The van der Waals surface area contributed by atoms with Gasteiger partial charge in [0.1, 0.15) is 0 Å². The maximum Gasteiger partial charge on any atom is 0.318 e. The first-order valence-electron chi connectivity index (χ1n) is 5.92. The molecule has 102 valence electrons. The van der Waals surface area contributed by atoms with E-state index in [-0.39, 0.29) is 6.54 Å². The van der Waals surface area contributed by atoms with E-state index in [2.05, 4.69) is 5.32 Å².